The second-order valence-electron chi connectivity index (χ2n) is 4.71. The highest BCUT2D eigenvalue weighted by molar-refractivity contribution is 7.18. The lowest BCUT2D eigenvalue weighted by molar-refractivity contribution is -0.717. The molecule has 0 fully saturated rings. The fourth-order valence-corrected chi connectivity index (χ4v) is 3.47. The van der Waals surface area contributed by atoms with Gasteiger partial charge in [-0.1, -0.05) is 29.5 Å². The summed E-state index contributed by atoms with van der Waals surface area (Å²) in [5, 5.41) is 1.39. The van der Waals surface area contributed by atoms with Gasteiger partial charge in [0, 0.05) is 25.1 Å². The lowest BCUT2D eigenvalue weighted by Crippen LogP contribution is -2.39. The summed E-state index contributed by atoms with van der Waals surface area (Å²) in [4.78, 5) is 0. The van der Waals surface area contributed by atoms with E-state index < -0.39 is 0 Å². The Hall–Kier alpha value is -1.74. The Kier molecular flexibility index (Phi) is 3.56. The summed E-state index contributed by atoms with van der Waals surface area (Å²) in [5.74, 6) is 0. The van der Waals surface area contributed by atoms with E-state index in [0.717, 1.165) is 19.5 Å². The van der Waals surface area contributed by atoms with Crippen LogP contribution in [-0.4, -0.2) is 0 Å². The van der Waals surface area contributed by atoms with Crippen molar-refractivity contribution in [1.29, 1.82) is 0 Å². The molecule has 3 rings (SSSR count). The SMILES string of the molecule is Cc1sc2ccccc2[n+]1CCC[n+]1ccccc1. The van der Waals surface area contributed by atoms with Gasteiger partial charge in [-0.15, -0.1) is 0 Å². The van der Waals surface area contributed by atoms with Crippen molar-refractivity contribution < 1.29 is 9.13 Å². The molecule has 0 amide bonds. The van der Waals surface area contributed by atoms with Gasteiger partial charge in [0.15, 0.2) is 25.5 Å². The zero-order chi connectivity index (χ0) is 13.1. The fourth-order valence-electron chi connectivity index (χ4n) is 2.42. The van der Waals surface area contributed by atoms with Crippen LogP contribution < -0.4 is 9.13 Å². The van der Waals surface area contributed by atoms with Crippen molar-refractivity contribution in [3.63, 3.8) is 0 Å². The molecule has 3 heteroatoms. The lowest BCUT2D eigenvalue weighted by Gasteiger charge is -1.96. The summed E-state index contributed by atoms with van der Waals surface area (Å²) in [6.45, 7) is 4.36. The minimum atomic E-state index is 1.07. The summed E-state index contributed by atoms with van der Waals surface area (Å²) in [6.07, 6.45) is 5.41. The Balaban J connectivity index is 1.73. The number of benzene rings is 1. The first-order chi connectivity index (χ1) is 9.34. The lowest BCUT2D eigenvalue weighted by atomic mass is 10.3. The number of thiazole rings is 1. The number of nitrogens with zero attached hydrogens (tertiary/aromatic N) is 2. The van der Waals surface area contributed by atoms with E-state index in [1.807, 2.05) is 11.3 Å². The largest absolute Gasteiger partial charge is 0.235 e. The highest BCUT2D eigenvalue weighted by Crippen LogP contribution is 2.19. The van der Waals surface area contributed by atoms with Crippen LogP contribution in [0.25, 0.3) is 10.2 Å². The van der Waals surface area contributed by atoms with Gasteiger partial charge in [0.1, 0.15) is 4.70 Å². The van der Waals surface area contributed by atoms with Crippen LogP contribution in [0.15, 0.2) is 54.9 Å². The molecule has 0 N–H and O–H groups in total. The van der Waals surface area contributed by atoms with Gasteiger partial charge in [0.25, 0.3) is 0 Å². The molecule has 0 aliphatic rings. The molecule has 0 radical (unpaired) electrons. The van der Waals surface area contributed by atoms with E-state index in [4.69, 9.17) is 0 Å². The average Bonchev–Trinajstić information content (AvgIpc) is 2.76. The third-order valence-corrected chi connectivity index (χ3v) is 4.45. The molecule has 0 atom stereocenters. The molecule has 1 aromatic carbocycles. The first-order valence-electron chi connectivity index (χ1n) is 6.66. The zero-order valence-corrected chi connectivity index (χ0v) is 11.9. The van der Waals surface area contributed by atoms with E-state index in [0.29, 0.717) is 0 Å². The van der Waals surface area contributed by atoms with Gasteiger partial charge >= 0.3 is 0 Å². The van der Waals surface area contributed by atoms with Crippen molar-refractivity contribution in [2.24, 2.45) is 0 Å². The van der Waals surface area contributed by atoms with Crippen LogP contribution in [-0.2, 0) is 13.1 Å². The predicted molar refractivity (Wildman–Crippen MR) is 78.0 cm³/mol. The third-order valence-electron chi connectivity index (χ3n) is 3.37. The van der Waals surface area contributed by atoms with Gasteiger partial charge < -0.3 is 0 Å². The predicted octanol–water partition coefficient (Wildman–Crippen LogP) is 2.88. The topological polar surface area (TPSA) is 7.76 Å². The quantitative estimate of drug-likeness (QED) is 0.644. The molecule has 0 bridgehead atoms. The number of fused-ring (bicyclic) bond motifs is 1. The van der Waals surface area contributed by atoms with Crippen molar-refractivity contribution in [2.75, 3.05) is 0 Å². The van der Waals surface area contributed by atoms with Gasteiger partial charge in [-0.2, -0.15) is 4.57 Å². The minimum Gasteiger partial charge on any atom is -0.205 e. The Morgan fingerprint density at radius 3 is 2.58 bits per heavy atom. The Bertz CT molecular complexity index is 674. The van der Waals surface area contributed by atoms with Crippen LogP contribution in [0.4, 0.5) is 0 Å². The number of para-hydroxylation sites is 1. The summed E-state index contributed by atoms with van der Waals surface area (Å²) >= 11 is 1.88. The molecule has 96 valence electrons. The molecular weight excluding hydrogens is 252 g/mol. The number of hydrogen-bond acceptors (Lipinski definition) is 1. The Morgan fingerprint density at radius 1 is 0.947 bits per heavy atom. The maximum atomic E-state index is 2.43. The Labute approximate surface area is 117 Å². The normalized spacial score (nSPS) is 11.0. The first kappa shape index (κ1) is 12.3. The number of rotatable bonds is 4. The van der Waals surface area contributed by atoms with E-state index in [-0.39, 0.29) is 0 Å². The maximum absolute atomic E-state index is 2.43. The molecular formula is C16H18N2S+2. The second kappa shape index (κ2) is 5.49. The monoisotopic (exact) mass is 270 g/mol. The van der Waals surface area contributed by atoms with Crippen LogP contribution >= 0.6 is 11.3 Å². The highest BCUT2D eigenvalue weighted by atomic mass is 32.1. The number of aromatic nitrogens is 2. The average molecular weight is 270 g/mol. The molecule has 0 aliphatic carbocycles. The van der Waals surface area contributed by atoms with Crippen molar-refractivity contribution in [2.45, 2.75) is 26.4 Å². The first-order valence-corrected chi connectivity index (χ1v) is 7.48. The number of hydrogen-bond donors (Lipinski definition) is 0. The molecule has 2 heterocycles. The van der Waals surface area contributed by atoms with Crippen molar-refractivity contribution in [1.82, 2.24) is 0 Å². The minimum absolute atomic E-state index is 1.07. The fraction of sp³-hybridized carbons (Fsp3) is 0.250. The summed E-state index contributed by atoms with van der Waals surface area (Å²) in [7, 11) is 0. The standard InChI is InChI=1S/C16H18N2S/c1-14-18(15-8-3-4-9-16(15)19-14)13-7-12-17-10-5-2-6-11-17/h2-6,8-11H,7,12-13H2,1H3/q+2. The molecule has 3 aromatic rings. The molecule has 2 nitrogen and oxygen atoms in total. The van der Waals surface area contributed by atoms with E-state index >= 15 is 0 Å². The van der Waals surface area contributed by atoms with Crippen LogP contribution in [0, 0.1) is 6.92 Å². The van der Waals surface area contributed by atoms with E-state index in [9.17, 15) is 0 Å². The van der Waals surface area contributed by atoms with Crippen LogP contribution in [0.3, 0.4) is 0 Å². The van der Waals surface area contributed by atoms with Crippen LogP contribution in [0.2, 0.25) is 0 Å². The van der Waals surface area contributed by atoms with Crippen molar-refractivity contribution in [3.8, 4) is 0 Å². The van der Waals surface area contributed by atoms with E-state index in [1.54, 1.807) is 0 Å². The van der Waals surface area contributed by atoms with Crippen molar-refractivity contribution in [3.05, 3.63) is 59.9 Å². The van der Waals surface area contributed by atoms with E-state index in [1.165, 1.54) is 15.2 Å². The molecule has 19 heavy (non-hydrogen) atoms. The van der Waals surface area contributed by atoms with Crippen molar-refractivity contribution >= 4 is 21.6 Å². The summed E-state index contributed by atoms with van der Waals surface area (Å²) in [5.41, 5.74) is 1.36. The van der Waals surface area contributed by atoms with E-state index in [2.05, 4.69) is 70.9 Å². The zero-order valence-electron chi connectivity index (χ0n) is 11.1. The molecule has 2 aromatic heterocycles. The second-order valence-corrected chi connectivity index (χ2v) is 5.94. The van der Waals surface area contributed by atoms with Crippen LogP contribution in [0.5, 0.6) is 0 Å². The summed E-state index contributed by atoms with van der Waals surface area (Å²) < 4.78 is 6.06. The van der Waals surface area contributed by atoms with Gasteiger partial charge in [-0.3, -0.25) is 0 Å². The van der Waals surface area contributed by atoms with Gasteiger partial charge in [0.05, 0.1) is 6.42 Å². The maximum Gasteiger partial charge on any atom is 0.235 e. The number of pyridine rings is 1. The summed E-state index contributed by atoms with van der Waals surface area (Å²) in [6, 6.07) is 14.9. The van der Waals surface area contributed by atoms with Gasteiger partial charge in [0.2, 0.25) is 10.5 Å². The molecule has 0 aliphatic heterocycles. The molecule has 0 unspecified atom stereocenters. The van der Waals surface area contributed by atoms with Gasteiger partial charge in [-0.25, -0.2) is 4.57 Å². The smallest absolute Gasteiger partial charge is 0.205 e. The Morgan fingerprint density at radius 2 is 1.74 bits per heavy atom. The third kappa shape index (κ3) is 2.66. The molecule has 0 spiro atoms. The molecule has 0 saturated carbocycles. The van der Waals surface area contributed by atoms with Gasteiger partial charge in [-0.05, 0) is 6.07 Å². The highest BCUT2D eigenvalue weighted by Gasteiger charge is 2.16. The number of aryl methyl sites for hydroxylation is 3. The molecule has 0 saturated heterocycles. The van der Waals surface area contributed by atoms with Crippen LogP contribution in [0.1, 0.15) is 11.4 Å².